The summed E-state index contributed by atoms with van der Waals surface area (Å²) in [5, 5.41) is 0.907. The van der Waals surface area contributed by atoms with Crippen LogP contribution in [-0.2, 0) is 4.79 Å². The van der Waals surface area contributed by atoms with E-state index in [9.17, 15) is 9.59 Å². The summed E-state index contributed by atoms with van der Waals surface area (Å²) in [6.45, 7) is 3.71. The van der Waals surface area contributed by atoms with Gasteiger partial charge in [-0.1, -0.05) is 6.07 Å². The van der Waals surface area contributed by atoms with E-state index in [1.54, 1.807) is 6.07 Å². The Bertz CT molecular complexity index is 452. The van der Waals surface area contributed by atoms with Crippen LogP contribution in [-0.4, -0.2) is 11.7 Å². The number of hydrogen-bond acceptors (Lipinski definition) is 3. The number of amides is 1. The van der Waals surface area contributed by atoms with E-state index >= 15 is 0 Å². The summed E-state index contributed by atoms with van der Waals surface area (Å²) in [4.78, 5) is 22.8. The zero-order valence-electron chi connectivity index (χ0n) is 8.00. The third kappa shape index (κ3) is 0.914. The van der Waals surface area contributed by atoms with E-state index in [4.69, 9.17) is 5.84 Å². The molecule has 0 aromatic heterocycles. The first kappa shape index (κ1) is 8.90. The Hall–Kier alpha value is -1.68. The fraction of sp³-hybridized carbons (Fsp3) is 0.200. The summed E-state index contributed by atoms with van der Waals surface area (Å²) < 4.78 is 0. The highest BCUT2D eigenvalue weighted by molar-refractivity contribution is 6.52. The molecule has 4 nitrogen and oxygen atoms in total. The average molecular weight is 190 g/mol. The first-order chi connectivity index (χ1) is 6.54. The topological polar surface area (TPSA) is 63.4 Å². The molecule has 0 aliphatic carbocycles. The molecular weight excluding hydrogens is 180 g/mol. The lowest BCUT2D eigenvalue weighted by atomic mass is 10.0. The fourth-order valence-corrected chi connectivity index (χ4v) is 1.61. The third-order valence-electron chi connectivity index (χ3n) is 2.61. The van der Waals surface area contributed by atoms with Crippen molar-refractivity contribution in [3.63, 3.8) is 0 Å². The van der Waals surface area contributed by atoms with Crippen LogP contribution in [0.5, 0.6) is 0 Å². The number of hydrogen-bond donors (Lipinski definition) is 1. The highest BCUT2D eigenvalue weighted by atomic mass is 16.2. The number of nitrogens with two attached hydrogens (primary N) is 1. The minimum Gasteiger partial charge on any atom is -0.283 e. The van der Waals surface area contributed by atoms with Gasteiger partial charge >= 0.3 is 5.91 Å². The number of nitrogens with zero attached hydrogens (tertiary/aromatic N) is 1. The molecule has 2 N–H and O–H groups in total. The van der Waals surface area contributed by atoms with Crippen LogP contribution in [0.3, 0.4) is 0 Å². The van der Waals surface area contributed by atoms with E-state index in [0.717, 1.165) is 16.1 Å². The highest BCUT2D eigenvalue weighted by Crippen LogP contribution is 2.30. The first-order valence-corrected chi connectivity index (χ1v) is 4.27. The number of benzene rings is 1. The zero-order valence-corrected chi connectivity index (χ0v) is 8.00. The monoisotopic (exact) mass is 190 g/mol. The molecule has 4 heteroatoms. The number of Topliss-reactive ketones (excluding diaryl/α,β-unsaturated/α-hetero) is 1. The predicted octanol–water partition coefficient (Wildman–Crippen LogP) is 0.706. The molecule has 2 rings (SSSR count). The molecule has 1 aliphatic rings. The van der Waals surface area contributed by atoms with Gasteiger partial charge in [0, 0.05) is 0 Å². The molecule has 0 saturated carbocycles. The first-order valence-electron chi connectivity index (χ1n) is 4.27. The Balaban J connectivity index is 2.76. The summed E-state index contributed by atoms with van der Waals surface area (Å²) in [6, 6.07) is 3.54. The van der Waals surface area contributed by atoms with Crippen LogP contribution in [0.15, 0.2) is 12.1 Å². The van der Waals surface area contributed by atoms with Gasteiger partial charge in [-0.3, -0.25) is 9.59 Å². The molecular formula is C10H10N2O2. The molecule has 1 aliphatic heterocycles. The van der Waals surface area contributed by atoms with E-state index in [1.807, 2.05) is 19.9 Å². The van der Waals surface area contributed by atoms with Crippen LogP contribution in [0.1, 0.15) is 21.5 Å². The van der Waals surface area contributed by atoms with Crippen molar-refractivity contribution < 1.29 is 9.59 Å². The molecule has 14 heavy (non-hydrogen) atoms. The maximum absolute atomic E-state index is 11.5. The van der Waals surface area contributed by atoms with Gasteiger partial charge < -0.3 is 0 Å². The smallest absolute Gasteiger partial charge is 0.283 e. The number of rotatable bonds is 0. The van der Waals surface area contributed by atoms with Gasteiger partial charge in [-0.15, -0.1) is 0 Å². The normalized spacial score (nSPS) is 14.9. The van der Waals surface area contributed by atoms with Gasteiger partial charge in [0.05, 0.1) is 11.3 Å². The minimum atomic E-state index is -0.659. The van der Waals surface area contributed by atoms with Crippen molar-refractivity contribution in [2.45, 2.75) is 13.8 Å². The van der Waals surface area contributed by atoms with Gasteiger partial charge in [0.25, 0.3) is 5.78 Å². The molecule has 1 heterocycles. The number of aryl methyl sites for hydroxylation is 1. The molecule has 0 fully saturated rings. The van der Waals surface area contributed by atoms with Crippen LogP contribution in [0.2, 0.25) is 0 Å². The van der Waals surface area contributed by atoms with Crippen LogP contribution in [0.25, 0.3) is 0 Å². The Morgan fingerprint density at radius 3 is 2.50 bits per heavy atom. The molecule has 1 aromatic carbocycles. The van der Waals surface area contributed by atoms with Crippen LogP contribution in [0.4, 0.5) is 5.69 Å². The maximum atomic E-state index is 11.5. The number of carbonyl (C=O) groups is 2. The Kier molecular flexibility index (Phi) is 1.69. The predicted molar refractivity (Wildman–Crippen MR) is 51.9 cm³/mol. The Morgan fingerprint density at radius 1 is 1.21 bits per heavy atom. The van der Waals surface area contributed by atoms with E-state index in [1.165, 1.54) is 0 Å². The molecule has 1 amide bonds. The molecule has 0 atom stereocenters. The van der Waals surface area contributed by atoms with Crippen molar-refractivity contribution >= 4 is 17.4 Å². The lowest BCUT2D eigenvalue weighted by Gasteiger charge is -2.09. The van der Waals surface area contributed by atoms with E-state index in [-0.39, 0.29) is 0 Å². The molecule has 72 valence electrons. The summed E-state index contributed by atoms with van der Waals surface area (Å²) in [5.41, 5.74) is 2.76. The van der Waals surface area contributed by atoms with Crippen molar-refractivity contribution in [3.05, 3.63) is 28.8 Å². The maximum Gasteiger partial charge on any atom is 0.313 e. The zero-order chi connectivity index (χ0) is 10.5. The van der Waals surface area contributed by atoms with Crippen molar-refractivity contribution in [2.75, 3.05) is 5.01 Å². The fourth-order valence-electron chi connectivity index (χ4n) is 1.61. The standard InChI is InChI=1S/C10H10N2O2/c1-5-3-4-7-8(6(5)2)9(13)10(14)12(7)11/h3-4H,11H2,1-2H3. The van der Waals surface area contributed by atoms with E-state index in [0.29, 0.717) is 11.3 Å². The molecule has 0 spiro atoms. The second-order valence-electron chi connectivity index (χ2n) is 3.41. The molecule has 0 bridgehead atoms. The lowest BCUT2D eigenvalue weighted by molar-refractivity contribution is -0.114. The van der Waals surface area contributed by atoms with Gasteiger partial charge in [-0.25, -0.2) is 10.9 Å². The second kappa shape index (κ2) is 2.65. The summed E-state index contributed by atoms with van der Waals surface area (Å²) in [5.74, 6) is 4.29. The number of hydrazine groups is 1. The third-order valence-corrected chi connectivity index (χ3v) is 2.61. The van der Waals surface area contributed by atoms with Crippen LogP contribution >= 0.6 is 0 Å². The number of fused-ring (bicyclic) bond motifs is 1. The van der Waals surface area contributed by atoms with Crippen LogP contribution < -0.4 is 10.9 Å². The van der Waals surface area contributed by atoms with Crippen molar-refractivity contribution in [1.29, 1.82) is 0 Å². The second-order valence-corrected chi connectivity index (χ2v) is 3.41. The molecule has 0 radical (unpaired) electrons. The van der Waals surface area contributed by atoms with Crippen LogP contribution in [0, 0.1) is 13.8 Å². The highest BCUT2D eigenvalue weighted by Gasteiger charge is 2.35. The summed E-state index contributed by atoms with van der Waals surface area (Å²) in [7, 11) is 0. The van der Waals surface area contributed by atoms with Gasteiger partial charge in [-0.05, 0) is 31.0 Å². The molecule has 1 aromatic rings. The SMILES string of the molecule is Cc1ccc2c(c1C)C(=O)C(=O)N2N. The molecule has 0 saturated heterocycles. The Morgan fingerprint density at radius 2 is 1.86 bits per heavy atom. The lowest BCUT2D eigenvalue weighted by Crippen LogP contribution is -2.35. The average Bonchev–Trinajstić information content (AvgIpc) is 2.38. The van der Waals surface area contributed by atoms with Crippen molar-refractivity contribution in [1.82, 2.24) is 0 Å². The number of anilines is 1. The van der Waals surface area contributed by atoms with Gasteiger partial charge in [0.2, 0.25) is 0 Å². The number of carbonyl (C=O) groups excluding carboxylic acids is 2. The summed E-state index contributed by atoms with van der Waals surface area (Å²) >= 11 is 0. The molecule has 0 unspecified atom stereocenters. The van der Waals surface area contributed by atoms with E-state index < -0.39 is 11.7 Å². The Labute approximate surface area is 81.3 Å². The number of ketones is 1. The van der Waals surface area contributed by atoms with Gasteiger partial charge in [0.15, 0.2) is 0 Å². The van der Waals surface area contributed by atoms with E-state index in [2.05, 4.69) is 0 Å². The van der Waals surface area contributed by atoms with Gasteiger partial charge in [0.1, 0.15) is 0 Å². The van der Waals surface area contributed by atoms with Crippen molar-refractivity contribution in [2.24, 2.45) is 5.84 Å². The largest absolute Gasteiger partial charge is 0.313 e. The quantitative estimate of drug-likeness (QED) is 0.372. The van der Waals surface area contributed by atoms with Crippen molar-refractivity contribution in [3.8, 4) is 0 Å². The van der Waals surface area contributed by atoms with Gasteiger partial charge in [-0.2, -0.15) is 0 Å². The minimum absolute atomic E-state index is 0.442. The summed E-state index contributed by atoms with van der Waals surface area (Å²) in [6.07, 6.45) is 0.